The van der Waals surface area contributed by atoms with Crippen molar-refractivity contribution in [2.45, 2.75) is 49.6 Å². The van der Waals surface area contributed by atoms with E-state index in [9.17, 15) is 17.6 Å². The van der Waals surface area contributed by atoms with Crippen molar-refractivity contribution in [2.24, 2.45) is 0 Å². The molecule has 1 saturated carbocycles. The summed E-state index contributed by atoms with van der Waals surface area (Å²) in [6.45, 7) is 1.44. The summed E-state index contributed by atoms with van der Waals surface area (Å²) in [5, 5.41) is 2.71. The molecule has 0 unspecified atom stereocenters. The summed E-state index contributed by atoms with van der Waals surface area (Å²) in [6.07, 6.45) is 3.93. The molecule has 0 aliphatic heterocycles. The number of rotatable bonds is 5. The minimum Gasteiger partial charge on any atom is -0.352 e. The molecule has 1 aromatic rings. The van der Waals surface area contributed by atoms with Crippen LogP contribution in [0.1, 0.15) is 32.6 Å². The number of amides is 1. The minimum absolute atomic E-state index is 0.0946. The van der Waals surface area contributed by atoms with E-state index >= 15 is 0 Å². The van der Waals surface area contributed by atoms with Crippen LogP contribution in [0.25, 0.3) is 0 Å². The molecule has 0 bridgehead atoms. The number of nitrogens with one attached hydrogen (secondary N) is 2. The van der Waals surface area contributed by atoms with E-state index in [0.717, 1.165) is 43.9 Å². The van der Waals surface area contributed by atoms with E-state index in [-0.39, 0.29) is 16.0 Å². The molecule has 1 fully saturated rings. The molecule has 1 atom stereocenters. The summed E-state index contributed by atoms with van der Waals surface area (Å²) in [4.78, 5) is 11.6. The fraction of sp³-hybridized carbons (Fsp3) is 0.500. The minimum atomic E-state index is -4.07. The van der Waals surface area contributed by atoms with Gasteiger partial charge in [0.05, 0.1) is 11.1 Å². The Morgan fingerprint density at radius 1 is 1.36 bits per heavy atom. The zero-order valence-corrected chi connectivity index (χ0v) is 13.7. The van der Waals surface area contributed by atoms with E-state index in [0.29, 0.717) is 0 Å². The molecule has 0 spiro atoms. The SMILES string of the molecule is C[C@H](NS(=O)(=O)c1cc(F)ccc1Cl)C(=O)NC1CCCC1. The third-order valence-electron chi connectivity index (χ3n) is 3.61. The molecular formula is C14H18ClFN2O3S. The molecule has 122 valence electrons. The van der Waals surface area contributed by atoms with Crippen molar-refractivity contribution in [3.05, 3.63) is 29.0 Å². The van der Waals surface area contributed by atoms with Crippen molar-refractivity contribution in [2.75, 3.05) is 0 Å². The van der Waals surface area contributed by atoms with Crippen LogP contribution in [0.15, 0.2) is 23.1 Å². The van der Waals surface area contributed by atoms with Gasteiger partial charge in [-0.3, -0.25) is 4.79 Å². The Hall–Kier alpha value is -1.18. The van der Waals surface area contributed by atoms with Crippen LogP contribution in [0.2, 0.25) is 5.02 Å². The Kier molecular flexibility index (Phi) is 5.41. The molecule has 1 aliphatic rings. The molecule has 5 nitrogen and oxygen atoms in total. The molecule has 1 aromatic carbocycles. The topological polar surface area (TPSA) is 75.3 Å². The number of sulfonamides is 1. The summed E-state index contributed by atoms with van der Waals surface area (Å²) < 4.78 is 39.9. The van der Waals surface area contributed by atoms with Gasteiger partial charge >= 0.3 is 0 Å². The monoisotopic (exact) mass is 348 g/mol. The van der Waals surface area contributed by atoms with Gasteiger partial charge < -0.3 is 5.32 Å². The van der Waals surface area contributed by atoms with Gasteiger partial charge in [0.1, 0.15) is 10.7 Å². The molecule has 2 N–H and O–H groups in total. The second kappa shape index (κ2) is 6.93. The van der Waals surface area contributed by atoms with Crippen LogP contribution in [-0.4, -0.2) is 26.4 Å². The second-order valence-corrected chi connectivity index (χ2v) is 7.50. The molecule has 1 aliphatic carbocycles. The number of benzene rings is 1. The highest BCUT2D eigenvalue weighted by molar-refractivity contribution is 7.89. The maximum atomic E-state index is 13.2. The summed E-state index contributed by atoms with van der Waals surface area (Å²) in [5.74, 6) is -1.11. The number of carbonyl (C=O) groups is 1. The Morgan fingerprint density at radius 3 is 2.64 bits per heavy atom. The lowest BCUT2D eigenvalue weighted by Gasteiger charge is -2.18. The van der Waals surface area contributed by atoms with Gasteiger partial charge in [0, 0.05) is 6.04 Å². The van der Waals surface area contributed by atoms with E-state index in [1.54, 1.807) is 0 Å². The van der Waals surface area contributed by atoms with E-state index < -0.39 is 27.8 Å². The summed E-state index contributed by atoms with van der Waals surface area (Å²) in [7, 11) is -4.07. The Balaban J connectivity index is 2.07. The van der Waals surface area contributed by atoms with Crippen LogP contribution < -0.4 is 10.0 Å². The molecular weight excluding hydrogens is 331 g/mol. The van der Waals surface area contributed by atoms with Gasteiger partial charge in [0.2, 0.25) is 15.9 Å². The standard InChI is InChI=1S/C14H18ClFN2O3S/c1-9(14(19)17-11-4-2-3-5-11)18-22(20,21)13-8-10(16)6-7-12(13)15/h6-9,11,18H,2-5H2,1H3,(H,17,19)/t9-/m0/s1. The molecule has 0 heterocycles. The van der Waals surface area contributed by atoms with Gasteiger partial charge in [-0.15, -0.1) is 0 Å². The van der Waals surface area contributed by atoms with Crippen molar-refractivity contribution in [1.29, 1.82) is 0 Å². The van der Waals surface area contributed by atoms with Crippen LogP contribution in [0.4, 0.5) is 4.39 Å². The summed E-state index contributed by atoms with van der Waals surface area (Å²) >= 11 is 5.79. The number of hydrogen-bond donors (Lipinski definition) is 2. The van der Waals surface area contributed by atoms with Crippen molar-refractivity contribution in [3.8, 4) is 0 Å². The Morgan fingerprint density at radius 2 is 2.00 bits per heavy atom. The van der Waals surface area contributed by atoms with E-state index in [2.05, 4.69) is 10.0 Å². The van der Waals surface area contributed by atoms with Crippen LogP contribution in [-0.2, 0) is 14.8 Å². The van der Waals surface area contributed by atoms with Gasteiger partial charge in [-0.1, -0.05) is 24.4 Å². The normalized spacial score (nSPS) is 17.4. The van der Waals surface area contributed by atoms with Gasteiger partial charge in [-0.2, -0.15) is 4.72 Å². The first-order chi connectivity index (χ1) is 10.3. The summed E-state index contributed by atoms with van der Waals surface area (Å²) in [5.41, 5.74) is 0. The van der Waals surface area contributed by atoms with Gasteiger partial charge in [0.15, 0.2) is 0 Å². The second-order valence-electron chi connectivity index (χ2n) is 5.41. The smallest absolute Gasteiger partial charge is 0.242 e. The van der Waals surface area contributed by atoms with Crippen molar-refractivity contribution in [1.82, 2.24) is 10.0 Å². The van der Waals surface area contributed by atoms with E-state index in [1.807, 2.05) is 0 Å². The maximum absolute atomic E-state index is 13.2. The molecule has 0 aromatic heterocycles. The molecule has 0 radical (unpaired) electrons. The van der Waals surface area contributed by atoms with E-state index in [4.69, 9.17) is 11.6 Å². The summed E-state index contributed by atoms with van der Waals surface area (Å²) in [6, 6.07) is 2.18. The number of hydrogen-bond acceptors (Lipinski definition) is 3. The molecule has 0 saturated heterocycles. The Bertz CT molecular complexity index is 660. The van der Waals surface area contributed by atoms with Gasteiger partial charge in [0.25, 0.3) is 0 Å². The zero-order valence-electron chi connectivity index (χ0n) is 12.1. The van der Waals surface area contributed by atoms with Crippen LogP contribution in [0, 0.1) is 5.82 Å². The predicted octanol–water partition coefficient (Wildman–Crippen LogP) is 2.20. The lowest BCUT2D eigenvalue weighted by atomic mass is 10.2. The fourth-order valence-corrected chi connectivity index (χ4v) is 4.14. The van der Waals surface area contributed by atoms with E-state index in [1.165, 1.54) is 6.92 Å². The fourth-order valence-electron chi connectivity index (χ4n) is 2.43. The van der Waals surface area contributed by atoms with Gasteiger partial charge in [-0.05, 0) is 38.0 Å². The molecule has 22 heavy (non-hydrogen) atoms. The first-order valence-corrected chi connectivity index (χ1v) is 8.93. The molecule has 8 heteroatoms. The molecule has 1 amide bonds. The van der Waals surface area contributed by atoms with Crippen molar-refractivity contribution >= 4 is 27.5 Å². The average Bonchev–Trinajstić information content (AvgIpc) is 2.93. The Labute approximate surface area is 134 Å². The number of carbonyl (C=O) groups excluding carboxylic acids is 1. The number of halogens is 2. The van der Waals surface area contributed by atoms with Crippen molar-refractivity contribution in [3.63, 3.8) is 0 Å². The maximum Gasteiger partial charge on any atom is 0.242 e. The highest BCUT2D eigenvalue weighted by Crippen LogP contribution is 2.22. The first kappa shape index (κ1) is 17.2. The van der Waals surface area contributed by atoms with Crippen LogP contribution in [0.3, 0.4) is 0 Å². The third kappa shape index (κ3) is 4.18. The first-order valence-electron chi connectivity index (χ1n) is 7.07. The van der Waals surface area contributed by atoms with Crippen LogP contribution >= 0.6 is 11.6 Å². The lowest BCUT2D eigenvalue weighted by Crippen LogP contribution is -2.47. The zero-order chi connectivity index (χ0) is 16.3. The quantitative estimate of drug-likeness (QED) is 0.856. The average molecular weight is 349 g/mol. The van der Waals surface area contributed by atoms with Crippen LogP contribution in [0.5, 0.6) is 0 Å². The van der Waals surface area contributed by atoms with Gasteiger partial charge in [-0.25, -0.2) is 12.8 Å². The molecule has 2 rings (SSSR count). The highest BCUT2D eigenvalue weighted by atomic mass is 35.5. The largest absolute Gasteiger partial charge is 0.352 e. The lowest BCUT2D eigenvalue weighted by molar-refractivity contribution is -0.123. The highest BCUT2D eigenvalue weighted by Gasteiger charge is 2.26. The predicted molar refractivity (Wildman–Crippen MR) is 81.6 cm³/mol. The van der Waals surface area contributed by atoms with Crippen molar-refractivity contribution < 1.29 is 17.6 Å². The third-order valence-corrected chi connectivity index (χ3v) is 5.63.